The summed E-state index contributed by atoms with van der Waals surface area (Å²) in [5, 5.41) is 23.4. The van der Waals surface area contributed by atoms with Crippen molar-refractivity contribution in [1.29, 1.82) is 0 Å². The largest absolute Gasteiger partial charge is 0.505 e. The van der Waals surface area contributed by atoms with Crippen LogP contribution >= 0.6 is 23.2 Å². The van der Waals surface area contributed by atoms with Gasteiger partial charge in [-0.15, -0.1) is 0 Å². The monoisotopic (exact) mass is 467 g/mol. The molecule has 0 atom stereocenters. The molecular formula is C19H19Cl2N5O5. The molecule has 0 bridgehead atoms. The van der Waals surface area contributed by atoms with Gasteiger partial charge in [0.05, 0.1) is 22.9 Å². The molecule has 2 aromatic carbocycles. The third kappa shape index (κ3) is 6.85. The lowest BCUT2D eigenvalue weighted by Gasteiger charge is -2.15. The molecule has 0 fully saturated rings. The molecule has 0 unspecified atom stereocenters. The molecule has 0 heterocycles. The molecule has 0 radical (unpaired) electrons. The fourth-order valence-electron chi connectivity index (χ4n) is 2.52. The van der Waals surface area contributed by atoms with E-state index in [4.69, 9.17) is 34.2 Å². The van der Waals surface area contributed by atoms with Crippen LogP contribution in [0.1, 0.15) is 22.3 Å². The lowest BCUT2D eigenvalue weighted by atomic mass is 10.1. The van der Waals surface area contributed by atoms with Gasteiger partial charge in [-0.2, -0.15) is 0 Å². The van der Waals surface area contributed by atoms with Gasteiger partial charge in [-0.1, -0.05) is 29.3 Å². The summed E-state index contributed by atoms with van der Waals surface area (Å²) in [7, 11) is 0. The van der Waals surface area contributed by atoms with E-state index in [1.165, 1.54) is 18.5 Å². The third-order valence-electron chi connectivity index (χ3n) is 3.95. The Morgan fingerprint density at radius 3 is 2.61 bits per heavy atom. The minimum absolute atomic E-state index is 0.0159. The number of rotatable bonds is 9. The highest BCUT2D eigenvalue weighted by Crippen LogP contribution is 2.40. The smallest absolute Gasteiger partial charge is 0.303 e. The summed E-state index contributed by atoms with van der Waals surface area (Å²) < 4.78 is 0. The number of carboxylic acid groups (broad SMARTS) is 1. The highest BCUT2D eigenvalue weighted by Gasteiger charge is 2.18. The molecule has 2 amide bonds. The van der Waals surface area contributed by atoms with E-state index >= 15 is 0 Å². The molecule has 2 aromatic rings. The van der Waals surface area contributed by atoms with Crippen LogP contribution in [0.2, 0.25) is 10.0 Å². The Bertz CT molecular complexity index is 1030. The Labute approximate surface area is 187 Å². The van der Waals surface area contributed by atoms with E-state index in [0.717, 1.165) is 0 Å². The first-order chi connectivity index (χ1) is 14.7. The summed E-state index contributed by atoms with van der Waals surface area (Å²) in [5.74, 6) is 2.43. The second-order valence-electron chi connectivity index (χ2n) is 6.15. The van der Waals surface area contributed by atoms with Gasteiger partial charge < -0.3 is 26.3 Å². The molecule has 0 aromatic heterocycles. The van der Waals surface area contributed by atoms with Gasteiger partial charge in [-0.05, 0) is 36.2 Å². The van der Waals surface area contributed by atoms with E-state index in [9.17, 15) is 19.5 Å². The van der Waals surface area contributed by atoms with E-state index in [1.807, 2.05) is 0 Å². The number of benzene rings is 2. The van der Waals surface area contributed by atoms with E-state index in [-0.39, 0.29) is 34.1 Å². The fraction of sp³-hybridized carbons (Fsp3) is 0.158. The summed E-state index contributed by atoms with van der Waals surface area (Å²) in [5.41, 5.74) is 3.34. The second-order valence-corrected chi connectivity index (χ2v) is 6.94. The topological polar surface area (TPSA) is 166 Å². The number of phenolic OH excluding ortho intramolecular Hbond substituents is 1. The first kappa shape index (κ1) is 23.9. The van der Waals surface area contributed by atoms with E-state index in [0.29, 0.717) is 11.3 Å². The number of hydrogen-bond acceptors (Lipinski definition) is 6. The summed E-state index contributed by atoms with van der Waals surface area (Å²) in [4.78, 5) is 39.5. The molecule has 12 heteroatoms. The highest BCUT2D eigenvalue weighted by atomic mass is 35.5. The van der Waals surface area contributed by atoms with Crippen LogP contribution in [0.5, 0.6) is 5.75 Å². The number of nitrogens with zero attached hydrogens (tertiary/aromatic N) is 1. The first-order valence-electron chi connectivity index (χ1n) is 8.81. The number of aliphatic imine (C=N–C) groups is 1. The van der Waals surface area contributed by atoms with Crippen LogP contribution in [0.15, 0.2) is 35.3 Å². The van der Waals surface area contributed by atoms with E-state index in [2.05, 4.69) is 21.1 Å². The molecule has 10 nitrogen and oxygen atoms in total. The molecule has 0 saturated carbocycles. The summed E-state index contributed by atoms with van der Waals surface area (Å²) in [6.07, 6.45) is 1.02. The number of aryl methyl sites for hydroxylation is 1. The molecule has 0 aliphatic rings. The van der Waals surface area contributed by atoms with Crippen LogP contribution in [0.3, 0.4) is 0 Å². The van der Waals surface area contributed by atoms with Crippen molar-refractivity contribution >= 4 is 58.7 Å². The van der Waals surface area contributed by atoms with Crippen molar-refractivity contribution < 1.29 is 24.6 Å². The van der Waals surface area contributed by atoms with Crippen molar-refractivity contribution in [3.05, 3.63) is 51.5 Å². The quantitative estimate of drug-likeness (QED) is 0.142. The highest BCUT2D eigenvalue weighted by molar-refractivity contribution is 6.39. The van der Waals surface area contributed by atoms with Crippen LogP contribution in [0.4, 0.5) is 11.4 Å². The van der Waals surface area contributed by atoms with Gasteiger partial charge in [0.1, 0.15) is 11.4 Å². The third-order valence-corrected chi connectivity index (χ3v) is 4.61. The number of aromatic hydroxyl groups is 1. The zero-order valence-electron chi connectivity index (χ0n) is 16.0. The number of phenols is 1. The Morgan fingerprint density at radius 1 is 1.19 bits per heavy atom. The average molecular weight is 468 g/mol. The number of nitrogens with one attached hydrogen (secondary N) is 3. The van der Waals surface area contributed by atoms with Crippen molar-refractivity contribution in [3.8, 4) is 5.75 Å². The Kier molecular flexibility index (Phi) is 8.62. The number of carbonyl (C=O) groups is 3. The SMILES string of the molecule is NNC=Nc1cccc(C(=O)NCC(=O)Nc2c(CCC(=O)O)cc(Cl)c(O)c2Cl)c1. The van der Waals surface area contributed by atoms with Crippen LogP contribution in [-0.2, 0) is 16.0 Å². The summed E-state index contributed by atoms with van der Waals surface area (Å²) >= 11 is 12.0. The van der Waals surface area contributed by atoms with Crippen molar-refractivity contribution in [2.75, 3.05) is 11.9 Å². The summed E-state index contributed by atoms with van der Waals surface area (Å²) in [6.45, 7) is -0.408. The van der Waals surface area contributed by atoms with E-state index < -0.39 is 30.1 Å². The van der Waals surface area contributed by atoms with Gasteiger partial charge in [-0.25, -0.2) is 10.8 Å². The molecule has 0 aliphatic carbocycles. The zero-order valence-corrected chi connectivity index (χ0v) is 17.5. The number of aliphatic carboxylic acids is 1. The number of hydrogen-bond donors (Lipinski definition) is 6. The molecule has 31 heavy (non-hydrogen) atoms. The van der Waals surface area contributed by atoms with Crippen LogP contribution in [0, 0.1) is 0 Å². The van der Waals surface area contributed by atoms with Crippen molar-refractivity contribution in [2.45, 2.75) is 12.8 Å². The zero-order chi connectivity index (χ0) is 23.0. The molecular weight excluding hydrogens is 449 g/mol. The van der Waals surface area contributed by atoms with Gasteiger partial charge in [0, 0.05) is 12.0 Å². The van der Waals surface area contributed by atoms with Crippen molar-refractivity contribution in [2.24, 2.45) is 10.8 Å². The van der Waals surface area contributed by atoms with Gasteiger partial charge in [0.25, 0.3) is 5.91 Å². The Balaban J connectivity index is 2.09. The minimum atomic E-state index is -1.06. The fourth-order valence-corrected chi connectivity index (χ4v) is 3.06. The predicted molar refractivity (Wildman–Crippen MR) is 117 cm³/mol. The average Bonchev–Trinajstić information content (AvgIpc) is 2.75. The Hall–Kier alpha value is -3.34. The molecule has 0 aliphatic heterocycles. The predicted octanol–water partition coefficient (Wildman–Crippen LogP) is 2.21. The second kappa shape index (κ2) is 11.2. The summed E-state index contributed by atoms with van der Waals surface area (Å²) in [6, 6.07) is 7.63. The number of hydrazine groups is 1. The number of anilines is 1. The molecule has 0 saturated heterocycles. The molecule has 7 N–H and O–H groups in total. The van der Waals surface area contributed by atoms with Gasteiger partial charge in [-0.3, -0.25) is 14.4 Å². The lowest BCUT2D eigenvalue weighted by molar-refractivity contribution is -0.137. The standard InChI is InChI=1S/C19H19Cl2N5O5/c20-13-7-10(4-5-15(28)29)17(16(21)18(13)30)26-14(27)8-23-19(31)11-2-1-3-12(6-11)24-9-25-22/h1-3,6-7,9,30H,4-5,8,22H2,(H,23,31)(H,24,25)(H,26,27)(H,28,29). The maximum Gasteiger partial charge on any atom is 0.303 e. The van der Waals surface area contributed by atoms with Crippen LogP contribution < -0.4 is 21.9 Å². The Morgan fingerprint density at radius 2 is 1.94 bits per heavy atom. The first-order valence-corrected chi connectivity index (χ1v) is 9.57. The number of carboxylic acids is 1. The van der Waals surface area contributed by atoms with Crippen molar-refractivity contribution in [1.82, 2.24) is 10.7 Å². The lowest BCUT2D eigenvalue weighted by Crippen LogP contribution is -2.33. The molecule has 2 rings (SSSR count). The van der Waals surface area contributed by atoms with Gasteiger partial charge in [0.2, 0.25) is 5.91 Å². The number of nitrogens with two attached hydrogens (primary N) is 1. The number of amides is 2. The van der Waals surface area contributed by atoms with Crippen LogP contribution in [0.25, 0.3) is 0 Å². The normalized spacial score (nSPS) is 10.7. The van der Waals surface area contributed by atoms with E-state index in [1.54, 1.807) is 18.2 Å². The minimum Gasteiger partial charge on any atom is -0.505 e. The molecule has 164 valence electrons. The van der Waals surface area contributed by atoms with Crippen LogP contribution in [-0.4, -0.2) is 40.9 Å². The van der Waals surface area contributed by atoms with Crippen molar-refractivity contribution in [3.63, 3.8) is 0 Å². The van der Waals surface area contributed by atoms with Gasteiger partial charge >= 0.3 is 5.97 Å². The van der Waals surface area contributed by atoms with Gasteiger partial charge in [0.15, 0.2) is 5.75 Å². The molecule has 0 spiro atoms. The maximum atomic E-state index is 12.3. The number of halogens is 2. The number of carbonyl (C=O) groups excluding carboxylic acids is 2. The maximum absolute atomic E-state index is 12.3.